The van der Waals surface area contributed by atoms with Gasteiger partial charge in [-0.1, -0.05) is 12.1 Å². The van der Waals surface area contributed by atoms with Crippen molar-refractivity contribution in [2.45, 2.75) is 39.2 Å². The lowest BCUT2D eigenvalue weighted by molar-refractivity contribution is 0.0773. The van der Waals surface area contributed by atoms with Gasteiger partial charge in [0.2, 0.25) is 0 Å². The molecular formula is C25H35N3O2. The average Bonchev–Trinajstić information content (AvgIpc) is 3.28. The molecule has 5 nitrogen and oxygen atoms in total. The van der Waals surface area contributed by atoms with E-state index in [4.69, 9.17) is 4.74 Å². The number of hydrogen-bond acceptors (Lipinski definition) is 4. The average molecular weight is 410 g/mol. The van der Waals surface area contributed by atoms with Crippen molar-refractivity contribution in [1.82, 2.24) is 9.80 Å². The number of hydrogen-bond donors (Lipinski definition) is 1. The van der Waals surface area contributed by atoms with E-state index in [-0.39, 0.29) is 5.91 Å². The van der Waals surface area contributed by atoms with E-state index >= 15 is 0 Å². The third-order valence-electron chi connectivity index (χ3n) is 5.85. The van der Waals surface area contributed by atoms with Crippen molar-refractivity contribution < 1.29 is 9.53 Å². The standard InChI is InChI=1S/C25H35N3O2/c1-4-28(5-2)25(29)21-11-13-22(14-12-21)26-23(19-27-15-6-7-16-27)17-20-9-8-10-24(18-20)30-3/h8-14,18,23,26H,4-7,15-17,19H2,1-3H3. The van der Waals surface area contributed by atoms with Gasteiger partial charge < -0.3 is 19.9 Å². The third kappa shape index (κ3) is 5.99. The first-order chi connectivity index (χ1) is 14.6. The number of carbonyl (C=O) groups excluding carboxylic acids is 1. The first-order valence-electron chi connectivity index (χ1n) is 11.1. The van der Waals surface area contributed by atoms with E-state index in [2.05, 4.69) is 28.4 Å². The van der Waals surface area contributed by atoms with Crippen LogP contribution in [-0.4, -0.2) is 61.6 Å². The zero-order valence-corrected chi connectivity index (χ0v) is 18.6. The molecule has 0 spiro atoms. The van der Waals surface area contributed by atoms with E-state index in [1.165, 1.54) is 31.5 Å². The monoisotopic (exact) mass is 409 g/mol. The molecule has 1 saturated heterocycles. The highest BCUT2D eigenvalue weighted by molar-refractivity contribution is 5.94. The summed E-state index contributed by atoms with van der Waals surface area (Å²) in [5.41, 5.74) is 3.06. The van der Waals surface area contributed by atoms with Crippen LogP contribution < -0.4 is 10.1 Å². The molecule has 1 amide bonds. The lowest BCUT2D eigenvalue weighted by Crippen LogP contribution is -2.36. The highest BCUT2D eigenvalue weighted by Crippen LogP contribution is 2.19. The normalized spacial score (nSPS) is 15.0. The fourth-order valence-corrected chi connectivity index (χ4v) is 4.16. The molecule has 0 bridgehead atoms. The van der Waals surface area contributed by atoms with E-state index in [1.54, 1.807) is 7.11 Å². The number of methoxy groups -OCH3 is 1. The molecule has 1 N–H and O–H groups in total. The molecule has 2 aromatic rings. The third-order valence-corrected chi connectivity index (χ3v) is 5.85. The number of nitrogens with one attached hydrogen (secondary N) is 1. The summed E-state index contributed by atoms with van der Waals surface area (Å²) in [6, 6.07) is 16.5. The quantitative estimate of drug-likeness (QED) is 0.636. The van der Waals surface area contributed by atoms with Crippen molar-refractivity contribution in [3.8, 4) is 5.75 Å². The lowest BCUT2D eigenvalue weighted by atomic mass is 10.0. The fourth-order valence-electron chi connectivity index (χ4n) is 4.16. The van der Waals surface area contributed by atoms with E-state index < -0.39 is 0 Å². The van der Waals surface area contributed by atoms with Crippen LogP contribution in [0.25, 0.3) is 0 Å². The van der Waals surface area contributed by atoms with E-state index in [9.17, 15) is 4.79 Å². The van der Waals surface area contributed by atoms with Gasteiger partial charge in [0.15, 0.2) is 0 Å². The van der Waals surface area contributed by atoms with Gasteiger partial charge in [-0.2, -0.15) is 0 Å². The Bertz CT molecular complexity index is 796. The number of amides is 1. The van der Waals surface area contributed by atoms with Crippen molar-refractivity contribution in [3.63, 3.8) is 0 Å². The Balaban J connectivity index is 1.70. The number of carbonyl (C=O) groups is 1. The van der Waals surface area contributed by atoms with Crippen molar-refractivity contribution in [2.24, 2.45) is 0 Å². The predicted molar refractivity (Wildman–Crippen MR) is 123 cm³/mol. The van der Waals surface area contributed by atoms with Crippen molar-refractivity contribution in [2.75, 3.05) is 45.2 Å². The highest BCUT2D eigenvalue weighted by Gasteiger charge is 2.19. The Morgan fingerprint density at radius 1 is 1.10 bits per heavy atom. The van der Waals surface area contributed by atoms with Gasteiger partial charge in [-0.3, -0.25) is 4.79 Å². The summed E-state index contributed by atoms with van der Waals surface area (Å²) >= 11 is 0. The van der Waals surface area contributed by atoms with Gasteiger partial charge in [0.1, 0.15) is 5.75 Å². The second-order valence-corrected chi connectivity index (χ2v) is 7.96. The minimum atomic E-state index is 0.0940. The molecule has 30 heavy (non-hydrogen) atoms. The van der Waals surface area contributed by atoms with Crippen molar-refractivity contribution in [1.29, 1.82) is 0 Å². The van der Waals surface area contributed by atoms with E-state index in [0.29, 0.717) is 6.04 Å². The van der Waals surface area contributed by atoms with Crippen LogP contribution in [0.3, 0.4) is 0 Å². The summed E-state index contributed by atoms with van der Waals surface area (Å²) in [6.07, 6.45) is 3.50. The second kappa shape index (κ2) is 11.0. The molecule has 0 radical (unpaired) electrons. The SMILES string of the molecule is CCN(CC)C(=O)c1ccc(NC(Cc2cccc(OC)c2)CN2CCCC2)cc1. The first-order valence-corrected chi connectivity index (χ1v) is 11.1. The molecule has 0 aromatic heterocycles. The summed E-state index contributed by atoms with van der Waals surface area (Å²) in [5, 5.41) is 3.71. The molecular weight excluding hydrogens is 374 g/mol. The lowest BCUT2D eigenvalue weighted by Gasteiger charge is -2.26. The molecule has 1 aliphatic heterocycles. The zero-order valence-electron chi connectivity index (χ0n) is 18.6. The van der Waals surface area contributed by atoms with E-state index in [1.807, 2.05) is 49.1 Å². The molecule has 2 aromatic carbocycles. The number of likely N-dealkylation sites (tertiary alicyclic amines) is 1. The van der Waals surface area contributed by atoms with E-state index in [0.717, 1.165) is 43.1 Å². The summed E-state index contributed by atoms with van der Waals surface area (Å²) < 4.78 is 5.39. The maximum Gasteiger partial charge on any atom is 0.253 e. The van der Waals surface area contributed by atoms with Gasteiger partial charge in [-0.05, 0) is 88.2 Å². The summed E-state index contributed by atoms with van der Waals surface area (Å²) in [5.74, 6) is 0.989. The number of nitrogens with zero attached hydrogens (tertiary/aromatic N) is 2. The van der Waals surface area contributed by atoms with Gasteiger partial charge >= 0.3 is 0 Å². The number of anilines is 1. The van der Waals surface area contributed by atoms with Crippen molar-refractivity contribution >= 4 is 11.6 Å². The Morgan fingerprint density at radius 3 is 2.43 bits per heavy atom. The fraction of sp³-hybridized carbons (Fsp3) is 0.480. The van der Waals surface area contributed by atoms with Gasteiger partial charge in [-0.15, -0.1) is 0 Å². The highest BCUT2D eigenvalue weighted by atomic mass is 16.5. The number of rotatable bonds is 10. The van der Waals surface area contributed by atoms with Gasteiger partial charge in [0.25, 0.3) is 5.91 Å². The molecule has 0 aliphatic carbocycles. The summed E-state index contributed by atoms with van der Waals surface area (Å²) in [6.45, 7) is 8.85. The molecule has 1 heterocycles. The topological polar surface area (TPSA) is 44.8 Å². The Labute approximate surface area is 181 Å². The predicted octanol–water partition coefficient (Wildman–Crippen LogP) is 4.30. The Morgan fingerprint density at radius 2 is 1.80 bits per heavy atom. The van der Waals surface area contributed by atoms with Crippen LogP contribution in [0.4, 0.5) is 5.69 Å². The Hall–Kier alpha value is -2.53. The molecule has 1 aliphatic rings. The first kappa shape index (κ1) is 22.2. The molecule has 1 unspecified atom stereocenters. The number of benzene rings is 2. The van der Waals surface area contributed by atoms with Crippen LogP contribution in [0.1, 0.15) is 42.6 Å². The van der Waals surface area contributed by atoms with Gasteiger partial charge in [-0.25, -0.2) is 0 Å². The van der Waals surface area contributed by atoms with Crippen LogP contribution in [0, 0.1) is 0 Å². The zero-order chi connectivity index (χ0) is 21.3. The van der Waals surface area contributed by atoms with Gasteiger partial charge in [0.05, 0.1) is 7.11 Å². The van der Waals surface area contributed by atoms with Crippen LogP contribution in [0.2, 0.25) is 0 Å². The molecule has 5 heteroatoms. The maximum atomic E-state index is 12.6. The molecule has 1 atom stereocenters. The smallest absolute Gasteiger partial charge is 0.253 e. The second-order valence-electron chi connectivity index (χ2n) is 7.96. The summed E-state index contributed by atoms with van der Waals surface area (Å²) in [4.78, 5) is 16.9. The van der Waals surface area contributed by atoms with Gasteiger partial charge in [0, 0.05) is 36.9 Å². The summed E-state index contributed by atoms with van der Waals surface area (Å²) in [7, 11) is 1.71. The molecule has 1 fully saturated rings. The molecule has 162 valence electrons. The van der Waals surface area contributed by atoms with Crippen molar-refractivity contribution in [3.05, 3.63) is 59.7 Å². The minimum Gasteiger partial charge on any atom is -0.497 e. The molecule has 0 saturated carbocycles. The molecule has 3 rings (SSSR count). The van der Waals surface area contributed by atoms with Crippen LogP contribution in [-0.2, 0) is 6.42 Å². The number of ether oxygens (including phenoxy) is 1. The van der Waals surface area contributed by atoms with Crippen LogP contribution in [0.5, 0.6) is 5.75 Å². The minimum absolute atomic E-state index is 0.0940. The Kier molecular flexibility index (Phi) is 8.14. The maximum absolute atomic E-state index is 12.6. The largest absolute Gasteiger partial charge is 0.497 e. The van der Waals surface area contributed by atoms with Crippen LogP contribution in [0.15, 0.2) is 48.5 Å². The van der Waals surface area contributed by atoms with Crippen LogP contribution >= 0.6 is 0 Å².